The molecule has 0 saturated heterocycles. The highest BCUT2D eigenvalue weighted by Crippen LogP contribution is 2.32. The number of para-hydroxylation sites is 2. The molecule has 1 aliphatic heterocycles. The Balaban J connectivity index is 1.45. The van der Waals surface area contributed by atoms with E-state index in [1.54, 1.807) is 56.9 Å². The number of esters is 1. The van der Waals surface area contributed by atoms with Crippen LogP contribution in [0.3, 0.4) is 0 Å². The summed E-state index contributed by atoms with van der Waals surface area (Å²) >= 11 is 1.25. The van der Waals surface area contributed by atoms with Gasteiger partial charge in [-0.05, 0) is 74.4 Å². The summed E-state index contributed by atoms with van der Waals surface area (Å²) in [5, 5.41) is 0. The third kappa shape index (κ3) is 6.94. The Morgan fingerprint density at radius 2 is 1.57 bits per heavy atom. The summed E-state index contributed by atoms with van der Waals surface area (Å²) < 4.78 is 35.7. The summed E-state index contributed by atoms with van der Waals surface area (Å²) in [7, 11) is 3.18. The summed E-state index contributed by atoms with van der Waals surface area (Å²) in [6.45, 7) is 6.61. The van der Waals surface area contributed by atoms with Crippen LogP contribution >= 0.6 is 11.3 Å². The molecule has 0 bridgehead atoms. The van der Waals surface area contributed by atoms with Gasteiger partial charge in [-0.25, -0.2) is 9.79 Å². The first-order chi connectivity index (χ1) is 22.4. The van der Waals surface area contributed by atoms with Crippen LogP contribution in [-0.4, -0.2) is 51.2 Å². The SMILES string of the molecule is CCOC(=O)C1=C(C)N=c2s/c(=C\c3ccc(OCCOc4ccccc4OC)c(OCC)c3)c(=O)n2[C@H]1c1ccc(OC)cc1. The number of ether oxygens (including phenoxy) is 6. The Hall–Kier alpha value is -5.03. The number of thiazole rings is 1. The topological polar surface area (TPSA) is 107 Å². The summed E-state index contributed by atoms with van der Waals surface area (Å²) in [5.74, 6) is 2.53. The highest BCUT2D eigenvalue weighted by Gasteiger charge is 2.33. The zero-order valence-corrected chi connectivity index (χ0v) is 27.2. The summed E-state index contributed by atoms with van der Waals surface area (Å²) in [4.78, 5) is 32.3. The first kappa shape index (κ1) is 32.4. The van der Waals surface area contributed by atoms with Crippen molar-refractivity contribution in [1.82, 2.24) is 4.57 Å². The van der Waals surface area contributed by atoms with E-state index in [-0.39, 0.29) is 18.8 Å². The molecule has 0 aliphatic carbocycles. The lowest BCUT2D eigenvalue weighted by Crippen LogP contribution is -2.39. The predicted molar refractivity (Wildman–Crippen MR) is 175 cm³/mol. The van der Waals surface area contributed by atoms with Crippen LogP contribution < -0.4 is 38.6 Å². The number of fused-ring (bicyclic) bond motifs is 1. The second-order valence-electron chi connectivity index (χ2n) is 10.1. The van der Waals surface area contributed by atoms with Gasteiger partial charge in [-0.2, -0.15) is 0 Å². The first-order valence-corrected chi connectivity index (χ1v) is 15.7. The molecule has 2 heterocycles. The zero-order valence-electron chi connectivity index (χ0n) is 26.4. The molecule has 1 aliphatic rings. The molecule has 10 nitrogen and oxygen atoms in total. The number of allylic oxidation sites excluding steroid dienone is 1. The molecule has 5 rings (SSSR count). The average molecular weight is 645 g/mol. The molecule has 1 atom stereocenters. The monoisotopic (exact) mass is 644 g/mol. The fraction of sp³-hybridized carbons (Fsp3) is 0.286. The molecule has 0 fully saturated rings. The maximum atomic E-state index is 14.0. The van der Waals surface area contributed by atoms with Gasteiger partial charge in [-0.3, -0.25) is 9.36 Å². The molecule has 0 saturated carbocycles. The van der Waals surface area contributed by atoms with Crippen LogP contribution in [0.4, 0.5) is 0 Å². The van der Waals surface area contributed by atoms with Gasteiger partial charge in [0.25, 0.3) is 5.56 Å². The lowest BCUT2D eigenvalue weighted by atomic mass is 9.96. The highest BCUT2D eigenvalue weighted by atomic mass is 32.1. The molecule has 4 aromatic rings. The molecule has 0 spiro atoms. The van der Waals surface area contributed by atoms with E-state index >= 15 is 0 Å². The van der Waals surface area contributed by atoms with Crippen LogP contribution in [0.1, 0.15) is 37.9 Å². The Morgan fingerprint density at radius 3 is 2.22 bits per heavy atom. The molecule has 46 heavy (non-hydrogen) atoms. The number of hydrogen-bond donors (Lipinski definition) is 0. The number of aromatic nitrogens is 1. The van der Waals surface area contributed by atoms with E-state index in [1.807, 2.05) is 55.5 Å². The van der Waals surface area contributed by atoms with Crippen molar-refractivity contribution in [2.24, 2.45) is 4.99 Å². The molecular formula is C35H36N2O8S. The minimum Gasteiger partial charge on any atom is -0.497 e. The number of carbonyl (C=O) groups is 1. The fourth-order valence-electron chi connectivity index (χ4n) is 5.09. The molecule has 11 heteroatoms. The van der Waals surface area contributed by atoms with Gasteiger partial charge < -0.3 is 28.4 Å². The predicted octanol–water partition coefficient (Wildman–Crippen LogP) is 4.67. The number of benzene rings is 3. The first-order valence-electron chi connectivity index (χ1n) is 14.9. The van der Waals surface area contributed by atoms with Gasteiger partial charge in [0.05, 0.1) is 49.3 Å². The Kier molecular flexibility index (Phi) is 10.4. The van der Waals surface area contributed by atoms with Gasteiger partial charge in [0.2, 0.25) is 0 Å². The Morgan fingerprint density at radius 1 is 0.870 bits per heavy atom. The van der Waals surface area contributed by atoms with Crippen molar-refractivity contribution in [1.29, 1.82) is 0 Å². The quantitative estimate of drug-likeness (QED) is 0.153. The standard InChI is InChI=1S/C35H36N2O8S/c1-6-42-29-20-23(12-17-28(29)45-19-18-44-27-11-9-8-10-26(27)41-5)21-30-33(38)37-32(24-13-15-25(40-4)16-14-24)31(34(39)43-7-2)22(3)36-35(37)46-30/h8-17,20-21,32H,6-7,18-19H2,1-5H3/b30-21-/t32-/m0/s1. The maximum Gasteiger partial charge on any atom is 0.338 e. The third-order valence-electron chi connectivity index (χ3n) is 7.18. The van der Waals surface area contributed by atoms with Crippen molar-refractivity contribution in [3.8, 4) is 28.7 Å². The summed E-state index contributed by atoms with van der Waals surface area (Å²) in [6.07, 6.45) is 1.79. The lowest BCUT2D eigenvalue weighted by molar-refractivity contribution is -0.139. The van der Waals surface area contributed by atoms with Gasteiger partial charge in [-0.1, -0.05) is 41.7 Å². The van der Waals surface area contributed by atoms with Gasteiger partial charge in [0, 0.05) is 0 Å². The molecular weight excluding hydrogens is 608 g/mol. The van der Waals surface area contributed by atoms with Crippen molar-refractivity contribution in [3.05, 3.63) is 109 Å². The molecule has 240 valence electrons. The number of hydrogen-bond acceptors (Lipinski definition) is 10. The fourth-order valence-corrected chi connectivity index (χ4v) is 6.13. The molecule has 3 aromatic carbocycles. The zero-order chi connectivity index (χ0) is 32.6. The van der Waals surface area contributed by atoms with Crippen LogP contribution in [-0.2, 0) is 9.53 Å². The largest absolute Gasteiger partial charge is 0.497 e. The van der Waals surface area contributed by atoms with E-state index < -0.39 is 12.0 Å². The number of methoxy groups -OCH3 is 2. The third-order valence-corrected chi connectivity index (χ3v) is 8.16. The second kappa shape index (κ2) is 14.8. The molecule has 0 amide bonds. The van der Waals surface area contributed by atoms with Crippen molar-refractivity contribution < 1.29 is 33.2 Å². The van der Waals surface area contributed by atoms with Crippen LogP contribution in [0, 0.1) is 0 Å². The van der Waals surface area contributed by atoms with Gasteiger partial charge in [0.1, 0.15) is 19.0 Å². The van der Waals surface area contributed by atoms with Crippen LogP contribution in [0.5, 0.6) is 28.7 Å². The maximum absolute atomic E-state index is 14.0. The Bertz CT molecular complexity index is 1910. The number of rotatable bonds is 13. The second-order valence-corrected chi connectivity index (χ2v) is 11.1. The van der Waals surface area contributed by atoms with E-state index in [0.29, 0.717) is 62.6 Å². The highest BCUT2D eigenvalue weighted by molar-refractivity contribution is 7.07. The number of nitrogens with zero attached hydrogens (tertiary/aromatic N) is 2. The van der Waals surface area contributed by atoms with Crippen molar-refractivity contribution in [2.75, 3.05) is 40.6 Å². The van der Waals surface area contributed by atoms with E-state index in [2.05, 4.69) is 4.99 Å². The summed E-state index contributed by atoms with van der Waals surface area (Å²) in [6, 6.07) is 19.5. The van der Waals surface area contributed by atoms with Crippen LogP contribution in [0.15, 0.2) is 87.8 Å². The van der Waals surface area contributed by atoms with Crippen molar-refractivity contribution >= 4 is 23.4 Å². The van der Waals surface area contributed by atoms with E-state index in [0.717, 1.165) is 11.1 Å². The minimum absolute atomic E-state index is 0.200. The normalized spacial score (nSPS) is 14.3. The summed E-state index contributed by atoms with van der Waals surface area (Å²) in [5.41, 5.74) is 2.03. The molecule has 0 N–H and O–H groups in total. The van der Waals surface area contributed by atoms with Gasteiger partial charge in [0.15, 0.2) is 27.8 Å². The average Bonchev–Trinajstić information content (AvgIpc) is 3.37. The van der Waals surface area contributed by atoms with Gasteiger partial charge >= 0.3 is 5.97 Å². The molecule has 0 unspecified atom stereocenters. The smallest absolute Gasteiger partial charge is 0.338 e. The minimum atomic E-state index is -0.712. The van der Waals surface area contributed by atoms with Crippen LogP contribution in [0.2, 0.25) is 0 Å². The van der Waals surface area contributed by atoms with Crippen molar-refractivity contribution in [3.63, 3.8) is 0 Å². The van der Waals surface area contributed by atoms with E-state index in [4.69, 9.17) is 28.4 Å². The molecule has 1 aromatic heterocycles. The Labute approximate surface area is 270 Å². The van der Waals surface area contributed by atoms with Crippen molar-refractivity contribution in [2.45, 2.75) is 26.8 Å². The van der Waals surface area contributed by atoms with E-state index in [1.165, 1.54) is 11.3 Å². The molecule has 0 radical (unpaired) electrons. The van der Waals surface area contributed by atoms with Crippen LogP contribution in [0.25, 0.3) is 6.08 Å². The van der Waals surface area contributed by atoms with Gasteiger partial charge in [-0.15, -0.1) is 0 Å². The van der Waals surface area contributed by atoms with E-state index in [9.17, 15) is 9.59 Å². The lowest BCUT2D eigenvalue weighted by Gasteiger charge is -2.24. The number of carbonyl (C=O) groups excluding carboxylic acids is 1.